The normalized spacial score (nSPS) is 11.5. The molecule has 2 amide bonds. The first-order chi connectivity index (χ1) is 11.4. The zero-order chi connectivity index (χ0) is 17.7. The smallest absolute Gasteiger partial charge is 0.279 e. The minimum Gasteiger partial charge on any atom is -0.481 e. The molecule has 0 aromatic heterocycles. The highest BCUT2D eigenvalue weighted by molar-refractivity contribution is 9.10. The Balaban J connectivity index is 1.91. The van der Waals surface area contributed by atoms with Crippen LogP contribution < -0.4 is 15.6 Å². The molecule has 5 nitrogen and oxygen atoms in total. The van der Waals surface area contributed by atoms with Crippen LogP contribution in [0.1, 0.15) is 17.3 Å². The Bertz CT molecular complexity index is 753. The van der Waals surface area contributed by atoms with Gasteiger partial charge in [0.2, 0.25) is 0 Å². The van der Waals surface area contributed by atoms with Crippen molar-refractivity contribution in [2.75, 3.05) is 0 Å². The number of rotatable bonds is 4. The zero-order valence-corrected chi connectivity index (χ0v) is 14.1. The summed E-state index contributed by atoms with van der Waals surface area (Å²) in [6.45, 7) is 1.46. The molecule has 2 aromatic rings. The first-order valence-corrected chi connectivity index (χ1v) is 7.63. The zero-order valence-electron chi connectivity index (χ0n) is 12.5. The van der Waals surface area contributed by atoms with Crippen molar-refractivity contribution in [3.05, 3.63) is 64.1 Å². The van der Waals surface area contributed by atoms with E-state index >= 15 is 0 Å². The number of ether oxygens (including phenoxy) is 1. The van der Waals surface area contributed by atoms with Crippen LogP contribution >= 0.6 is 15.9 Å². The Morgan fingerprint density at radius 3 is 2.33 bits per heavy atom. The predicted octanol–water partition coefficient (Wildman–Crippen LogP) is 2.96. The van der Waals surface area contributed by atoms with E-state index in [0.717, 1.165) is 6.07 Å². The molecule has 0 aliphatic rings. The lowest BCUT2D eigenvalue weighted by Crippen LogP contribution is -2.47. The molecule has 0 saturated carbocycles. The minimum absolute atomic E-state index is 0.0300. The molecule has 1 unspecified atom stereocenters. The van der Waals surface area contributed by atoms with Crippen LogP contribution in [0.2, 0.25) is 0 Å². The predicted molar refractivity (Wildman–Crippen MR) is 86.2 cm³/mol. The van der Waals surface area contributed by atoms with Crippen molar-refractivity contribution >= 4 is 27.7 Å². The molecule has 8 heteroatoms. The van der Waals surface area contributed by atoms with E-state index in [0.29, 0.717) is 10.2 Å². The summed E-state index contributed by atoms with van der Waals surface area (Å²) in [5, 5.41) is 0. The second kappa shape index (κ2) is 7.87. The number of amides is 2. The van der Waals surface area contributed by atoms with Crippen LogP contribution in [0.15, 0.2) is 46.9 Å². The first kappa shape index (κ1) is 17.9. The minimum atomic E-state index is -0.938. The summed E-state index contributed by atoms with van der Waals surface area (Å²) in [6, 6.07) is 8.75. The van der Waals surface area contributed by atoms with Gasteiger partial charge in [-0.05, 0) is 65.3 Å². The topological polar surface area (TPSA) is 67.4 Å². The summed E-state index contributed by atoms with van der Waals surface area (Å²) in [7, 11) is 0. The summed E-state index contributed by atoms with van der Waals surface area (Å²) in [6.07, 6.45) is -0.938. The molecular weight excluding hydrogens is 386 g/mol. The number of nitrogens with one attached hydrogen (secondary N) is 2. The maximum absolute atomic E-state index is 13.2. The van der Waals surface area contributed by atoms with E-state index in [1.165, 1.54) is 43.3 Å². The van der Waals surface area contributed by atoms with E-state index < -0.39 is 29.6 Å². The average molecular weight is 399 g/mol. The van der Waals surface area contributed by atoms with E-state index in [-0.39, 0.29) is 5.56 Å². The maximum Gasteiger partial charge on any atom is 0.279 e. The van der Waals surface area contributed by atoms with Crippen molar-refractivity contribution in [2.45, 2.75) is 13.0 Å². The largest absolute Gasteiger partial charge is 0.481 e. The summed E-state index contributed by atoms with van der Waals surface area (Å²) in [5.41, 5.74) is 4.38. The molecule has 0 fully saturated rings. The highest BCUT2D eigenvalue weighted by atomic mass is 79.9. The number of benzene rings is 2. The van der Waals surface area contributed by atoms with Crippen molar-refractivity contribution < 1.29 is 23.1 Å². The summed E-state index contributed by atoms with van der Waals surface area (Å²) >= 11 is 3.12. The SMILES string of the molecule is CC(Oc1ccc(F)cc1)C(=O)NNC(=O)c1cc(F)ccc1Br. The second-order valence-electron chi connectivity index (χ2n) is 4.78. The molecule has 0 bridgehead atoms. The van der Waals surface area contributed by atoms with Gasteiger partial charge in [0, 0.05) is 4.47 Å². The van der Waals surface area contributed by atoms with Gasteiger partial charge in [-0.1, -0.05) is 0 Å². The Kier molecular flexibility index (Phi) is 5.86. The average Bonchev–Trinajstić information content (AvgIpc) is 2.56. The van der Waals surface area contributed by atoms with Crippen molar-refractivity contribution in [3.63, 3.8) is 0 Å². The molecule has 0 radical (unpaired) electrons. The lowest BCUT2D eigenvalue weighted by atomic mass is 10.2. The standard InChI is InChI=1S/C16H13BrF2N2O3/c1-9(24-12-5-2-10(18)3-6-12)15(22)20-21-16(23)13-8-11(19)4-7-14(13)17/h2-9H,1H3,(H,20,22)(H,21,23). The van der Waals surface area contributed by atoms with Crippen molar-refractivity contribution in [1.82, 2.24) is 10.9 Å². The van der Waals surface area contributed by atoms with Crippen LogP contribution in [0.5, 0.6) is 5.75 Å². The maximum atomic E-state index is 13.2. The number of carbonyl (C=O) groups excluding carboxylic acids is 2. The van der Waals surface area contributed by atoms with Crippen molar-refractivity contribution in [3.8, 4) is 5.75 Å². The fourth-order valence-electron chi connectivity index (χ4n) is 1.73. The van der Waals surface area contributed by atoms with Gasteiger partial charge in [-0.2, -0.15) is 0 Å². The van der Waals surface area contributed by atoms with Crippen LogP contribution in [0.25, 0.3) is 0 Å². The third kappa shape index (κ3) is 4.76. The van der Waals surface area contributed by atoms with Gasteiger partial charge in [-0.3, -0.25) is 20.4 Å². The van der Waals surface area contributed by atoms with Gasteiger partial charge in [0.1, 0.15) is 17.4 Å². The molecule has 0 saturated heterocycles. The summed E-state index contributed by atoms with van der Waals surface area (Å²) in [4.78, 5) is 23.8. The highest BCUT2D eigenvalue weighted by Crippen LogP contribution is 2.17. The third-order valence-electron chi connectivity index (χ3n) is 2.97. The first-order valence-electron chi connectivity index (χ1n) is 6.84. The van der Waals surface area contributed by atoms with Crippen LogP contribution in [-0.4, -0.2) is 17.9 Å². The third-order valence-corrected chi connectivity index (χ3v) is 3.66. The van der Waals surface area contributed by atoms with Crippen LogP contribution in [0.3, 0.4) is 0 Å². The van der Waals surface area contributed by atoms with E-state index in [1.54, 1.807) is 0 Å². The summed E-state index contributed by atoms with van der Waals surface area (Å²) < 4.78 is 31.7. The number of halogens is 3. The van der Waals surface area contributed by atoms with Gasteiger partial charge >= 0.3 is 0 Å². The van der Waals surface area contributed by atoms with Gasteiger partial charge in [0.15, 0.2) is 6.10 Å². The van der Waals surface area contributed by atoms with Crippen LogP contribution in [0.4, 0.5) is 8.78 Å². The van der Waals surface area contributed by atoms with Gasteiger partial charge < -0.3 is 4.74 Å². The fourth-order valence-corrected chi connectivity index (χ4v) is 2.16. The lowest BCUT2D eigenvalue weighted by Gasteiger charge is -2.15. The van der Waals surface area contributed by atoms with E-state index in [2.05, 4.69) is 26.8 Å². The van der Waals surface area contributed by atoms with E-state index in [1.807, 2.05) is 0 Å². The van der Waals surface area contributed by atoms with E-state index in [9.17, 15) is 18.4 Å². The molecule has 126 valence electrons. The van der Waals surface area contributed by atoms with Crippen LogP contribution in [0, 0.1) is 11.6 Å². The lowest BCUT2D eigenvalue weighted by molar-refractivity contribution is -0.128. The second-order valence-corrected chi connectivity index (χ2v) is 5.64. The van der Waals surface area contributed by atoms with E-state index in [4.69, 9.17) is 4.74 Å². The number of carbonyl (C=O) groups is 2. The monoisotopic (exact) mass is 398 g/mol. The Morgan fingerprint density at radius 1 is 1.04 bits per heavy atom. The molecule has 0 heterocycles. The van der Waals surface area contributed by atoms with Gasteiger partial charge in [0.25, 0.3) is 11.8 Å². The quantitative estimate of drug-likeness (QED) is 0.778. The van der Waals surface area contributed by atoms with Gasteiger partial charge in [-0.15, -0.1) is 0 Å². The molecule has 24 heavy (non-hydrogen) atoms. The van der Waals surface area contributed by atoms with Gasteiger partial charge in [0.05, 0.1) is 5.56 Å². The molecule has 0 aliphatic heterocycles. The molecule has 2 aromatic carbocycles. The molecule has 1 atom stereocenters. The Hall–Kier alpha value is -2.48. The Labute approximate surface area is 145 Å². The van der Waals surface area contributed by atoms with Crippen molar-refractivity contribution in [1.29, 1.82) is 0 Å². The van der Waals surface area contributed by atoms with Crippen LogP contribution in [-0.2, 0) is 4.79 Å². The summed E-state index contributed by atoms with van der Waals surface area (Å²) in [5.74, 6) is -2.02. The fraction of sp³-hybridized carbons (Fsp3) is 0.125. The molecule has 2 N–H and O–H groups in total. The number of hydrazine groups is 1. The molecular formula is C16H13BrF2N2O3. The number of hydrogen-bond donors (Lipinski definition) is 2. The van der Waals surface area contributed by atoms with Gasteiger partial charge in [-0.25, -0.2) is 8.78 Å². The van der Waals surface area contributed by atoms with Crippen molar-refractivity contribution in [2.24, 2.45) is 0 Å². The molecule has 0 spiro atoms. The molecule has 2 rings (SSSR count). The Morgan fingerprint density at radius 2 is 1.67 bits per heavy atom. The highest BCUT2D eigenvalue weighted by Gasteiger charge is 2.17. The number of hydrogen-bond acceptors (Lipinski definition) is 3. The molecule has 0 aliphatic carbocycles.